The molecule has 14 heavy (non-hydrogen) atoms. The number of β-amino-alcohol motifs (C(OH)–C–C–N with tert-alkyl or cyclic N) is 1. The van der Waals surface area contributed by atoms with Gasteiger partial charge in [0.1, 0.15) is 0 Å². The normalized spacial score (nSPS) is 29.5. The van der Waals surface area contributed by atoms with E-state index in [0.29, 0.717) is 24.7 Å². The quantitative estimate of drug-likeness (QED) is 0.649. The van der Waals surface area contributed by atoms with Crippen LogP contribution in [-0.4, -0.2) is 46.3 Å². The van der Waals surface area contributed by atoms with E-state index < -0.39 is 5.97 Å². The Balaban J connectivity index is 2.46. The van der Waals surface area contributed by atoms with E-state index in [1.807, 2.05) is 6.92 Å². The Morgan fingerprint density at radius 2 is 2.29 bits per heavy atom. The smallest absolute Gasteiger partial charge is 0.330 e. The van der Waals surface area contributed by atoms with Gasteiger partial charge in [-0.25, -0.2) is 4.79 Å². The highest BCUT2D eigenvalue weighted by molar-refractivity contribution is 5.85. The number of aliphatic hydroxyl groups excluding tert-OH is 1. The van der Waals surface area contributed by atoms with Crippen LogP contribution in [0.3, 0.4) is 0 Å². The highest BCUT2D eigenvalue weighted by Gasteiger charge is 2.26. The van der Waals surface area contributed by atoms with Crippen molar-refractivity contribution in [2.75, 3.05) is 13.1 Å². The van der Waals surface area contributed by atoms with Gasteiger partial charge in [0.2, 0.25) is 0 Å². The minimum Gasteiger partial charge on any atom is -0.478 e. The van der Waals surface area contributed by atoms with Crippen LogP contribution in [0.1, 0.15) is 20.3 Å². The van der Waals surface area contributed by atoms with E-state index in [4.69, 9.17) is 5.11 Å². The lowest BCUT2D eigenvalue weighted by atomic mass is 10.2. The summed E-state index contributed by atoms with van der Waals surface area (Å²) in [6, 6.07) is 0.336. The summed E-state index contributed by atoms with van der Waals surface area (Å²) in [6.07, 6.45) is 2.21. The van der Waals surface area contributed by atoms with Crippen molar-refractivity contribution in [3.63, 3.8) is 0 Å². The molecule has 1 heterocycles. The van der Waals surface area contributed by atoms with Gasteiger partial charge in [0.05, 0.1) is 6.10 Å². The van der Waals surface area contributed by atoms with Gasteiger partial charge in [-0.15, -0.1) is 0 Å². The highest BCUT2D eigenvalue weighted by Crippen LogP contribution is 2.16. The Hall–Kier alpha value is -0.870. The van der Waals surface area contributed by atoms with Gasteiger partial charge in [-0.1, -0.05) is 6.08 Å². The lowest BCUT2D eigenvalue weighted by Gasteiger charge is -2.18. The van der Waals surface area contributed by atoms with Gasteiger partial charge in [0, 0.05) is 24.7 Å². The summed E-state index contributed by atoms with van der Waals surface area (Å²) in [6.45, 7) is 4.88. The zero-order valence-corrected chi connectivity index (χ0v) is 8.60. The fraction of sp³-hybridized carbons (Fsp3) is 0.700. The number of carboxylic acid groups (broad SMARTS) is 1. The zero-order chi connectivity index (χ0) is 10.7. The molecule has 0 aromatic rings. The van der Waals surface area contributed by atoms with E-state index in [-0.39, 0.29) is 6.10 Å². The van der Waals surface area contributed by atoms with Crippen LogP contribution in [0.25, 0.3) is 0 Å². The molecule has 4 heteroatoms. The molecule has 1 fully saturated rings. The minimum absolute atomic E-state index is 0.261. The predicted molar refractivity (Wildman–Crippen MR) is 53.1 cm³/mol. The van der Waals surface area contributed by atoms with Gasteiger partial charge in [-0.2, -0.15) is 0 Å². The predicted octanol–water partition coefficient (Wildman–Crippen LogP) is 0.472. The first-order valence-corrected chi connectivity index (χ1v) is 4.83. The van der Waals surface area contributed by atoms with E-state index in [1.54, 1.807) is 13.0 Å². The number of rotatable bonds is 3. The van der Waals surface area contributed by atoms with E-state index in [1.165, 1.54) is 0 Å². The van der Waals surface area contributed by atoms with Gasteiger partial charge in [0.15, 0.2) is 0 Å². The summed E-state index contributed by atoms with van der Waals surface area (Å²) < 4.78 is 0. The van der Waals surface area contributed by atoms with Crippen molar-refractivity contribution in [1.29, 1.82) is 0 Å². The average molecular weight is 199 g/mol. The molecule has 1 rings (SSSR count). The van der Waals surface area contributed by atoms with Crippen LogP contribution in [0, 0.1) is 0 Å². The standard InChI is InChI=1S/C10H17NO3/c1-7(10(13)14)3-4-11-6-9(12)5-8(11)2/h3,8-9,12H,4-6H2,1-2H3,(H,13,14)/b7-3-. The average Bonchev–Trinajstić information content (AvgIpc) is 2.40. The first-order chi connectivity index (χ1) is 6.50. The first kappa shape index (κ1) is 11.2. The molecule has 0 spiro atoms. The lowest BCUT2D eigenvalue weighted by molar-refractivity contribution is -0.132. The molecule has 4 nitrogen and oxygen atoms in total. The second-order valence-corrected chi connectivity index (χ2v) is 3.88. The molecule has 2 unspecified atom stereocenters. The lowest BCUT2D eigenvalue weighted by Crippen LogP contribution is -2.28. The van der Waals surface area contributed by atoms with Crippen molar-refractivity contribution in [3.05, 3.63) is 11.6 Å². The van der Waals surface area contributed by atoms with Gasteiger partial charge < -0.3 is 10.2 Å². The SMILES string of the molecule is C/C(=C/CN1CC(O)CC1C)C(=O)O. The number of carbonyl (C=O) groups is 1. The van der Waals surface area contributed by atoms with Gasteiger partial charge in [-0.3, -0.25) is 4.90 Å². The molecule has 2 N–H and O–H groups in total. The van der Waals surface area contributed by atoms with Crippen molar-refractivity contribution in [1.82, 2.24) is 4.90 Å². The number of hydrogen-bond donors (Lipinski definition) is 2. The van der Waals surface area contributed by atoms with Crippen LogP contribution in [0.2, 0.25) is 0 Å². The second-order valence-electron chi connectivity index (χ2n) is 3.88. The molecule has 0 aliphatic carbocycles. The monoisotopic (exact) mass is 199 g/mol. The molecular formula is C10H17NO3. The van der Waals surface area contributed by atoms with Crippen LogP contribution < -0.4 is 0 Å². The summed E-state index contributed by atoms with van der Waals surface area (Å²) in [5, 5.41) is 18.0. The summed E-state index contributed by atoms with van der Waals surface area (Å²) in [5.41, 5.74) is 0.360. The largest absolute Gasteiger partial charge is 0.478 e. The molecule has 0 saturated carbocycles. The second kappa shape index (κ2) is 4.57. The van der Waals surface area contributed by atoms with Crippen LogP contribution >= 0.6 is 0 Å². The maximum Gasteiger partial charge on any atom is 0.330 e. The Kier molecular flexibility index (Phi) is 3.66. The molecule has 1 aliphatic rings. The molecule has 2 atom stereocenters. The van der Waals surface area contributed by atoms with Crippen molar-refractivity contribution in [2.24, 2.45) is 0 Å². The highest BCUT2D eigenvalue weighted by atomic mass is 16.4. The van der Waals surface area contributed by atoms with Crippen molar-refractivity contribution in [3.8, 4) is 0 Å². The molecule has 0 aromatic carbocycles. The fourth-order valence-corrected chi connectivity index (χ4v) is 1.66. The van der Waals surface area contributed by atoms with Crippen molar-refractivity contribution in [2.45, 2.75) is 32.4 Å². The summed E-state index contributed by atoms with van der Waals surface area (Å²) in [5.74, 6) is -0.877. The maximum absolute atomic E-state index is 10.5. The Morgan fingerprint density at radius 3 is 2.71 bits per heavy atom. The summed E-state index contributed by atoms with van der Waals surface area (Å²) >= 11 is 0. The van der Waals surface area contributed by atoms with Gasteiger partial charge in [0.25, 0.3) is 0 Å². The maximum atomic E-state index is 10.5. The number of carboxylic acids is 1. The third-order valence-corrected chi connectivity index (χ3v) is 2.65. The molecule has 80 valence electrons. The minimum atomic E-state index is -0.877. The number of aliphatic carboxylic acids is 1. The van der Waals surface area contributed by atoms with Crippen LogP contribution in [0.15, 0.2) is 11.6 Å². The Bertz CT molecular complexity index is 250. The Morgan fingerprint density at radius 1 is 1.64 bits per heavy atom. The number of nitrogens with zero attached hydrogens (tertiary/aromatic N) is 1. The van der Waals surface area contributed by atoms with E-state index in [2.05, 4.69) is 4.90 Å². The van der Waals surface area contributed by atoms with Crippen LogP contribution in [0.4, 0.5) is 0 Å². The molecule has 0 bridgehead atoms. The third-order valence-electron chi connectivity index (χ3n) is 2.65. The number of likely N-dealkylation sites (tertiary alicyclic amines) is 1. The summed E-state index contributed by atoms with van der Waals surface area (Å²) in [4.78, 5) is 12.6. The topological polar surface area (TPSA) is 60.8 Å². The molecule has 0 radical (unpaired) electrons. The van der Waals surface area contributed by atoms with E-state index in [0.717, 1.165) is 6.42 Å². The van der Waals surface area contributed by atoms with E-state index >= 15 is 0 Å². The molecule has 0 aromatic heterocycles. The van der Waals surface area contributed by atoms with Gasteiger partial charge in [-0.05, 0) is 20.3 Å². The van der Waals surface area contributed by atoms with Crippen LogP contribution in [0.5, 0.6) is 0 Å². The first-order valence-electron chi connectivity index (χ1n) is 4.83. The van der Waals surface area contributed by atoms with Crippen molar-refractivity contribution < 1.29 is 15.0 Å². The van der Waals surface area contributed by atoms with Crippen molar-refractivity contribution >= 4 is 5.97 Å². The number of aliphatic hydroxyl groups is 1. The molecule has 0 amide bonds. The Labute approximate surface area is 83.8 Å². The molecular weight excluding hydrogens is 182 g/mol. The fourth-order valence-electron chi connectivity index (χ4n) is 1.66. The number of hydrogen-bond acceptors (Lipinski definition) is 3. The van der Waals surface area contributed by atoms with Gasteiger partial charge >= 0.3 is 5.97 Å². The molecule has 1 aliphatic heterocycles. The van der Waals surface area contributed by atoms with Crippen LogP contribution in [-0.2, 0) is 4.79 Å². The zero-order valence-electron chi connectivity index (χ0n) is 8.60. The third kappa shape index (κ3) is 2.82. The summed E-state index contributed by atoms with van der Waals surface area (Å²) in [7, 11) is 0. The van der Waals surface area contributed by atoms with E-state index in [9.17, 15) is 9.90 Å². The molecule has 1 saturated heterocycles.